The summed E-state index contributed by atoms with van der Waals surface area (Å²) in [5, 5.41) is 18.5. The van der Waals surface area contributed by atoms with E-state index in [-0.39, 0.29) is 12.1 Å². The van der Waals surface area contributed by atoms with Crippen molar-refractivity contribution in [1.82, 2.24) is 4.90 Å². The minimum Gasteiger partial charge on any atom is -0.480 e. The number of carboxylic acids is 1. The molecule has 0 aromatic carbocycles. The van der Waals surface area contributed by atoms with Crippen LogP contribution in [0.4, 0.5) is 0 Å². The first-order valence-electron chi connectivity index (χ1n) is 5.85. The van der Waals surface area contributed by atoms with Crippen LogP contribution in [0, 0.1) is 0 Å². The Hall–Kier alpha value is -0.610. The zero-order chi connectivity index (χ0) is 10.8. The van der Waals surface area contributed by atoms with Gasteiger partial charge in [-0.15, -0.1) is 0 Å². The largest absolute Gasteiger partial charge is 0.480 e. The van der Waals surface area contributed by atoms with Crippen LogP contribution in [0.1, 0.15) is 38.5 Å². The van der Waals surface area contributed by atoms with Gasteiger partial charge in [-0.3, -0.25) is 9.69 Å². The van der Waals surface area contributed by atoms with Gasteiger partial charge in [0.2, 0.25) is 0 Å². The summed E-state index contributed by atoms with van der Waals surface area (Å²) < 4.78 is 0. The molecule has 1 atom stereocenters. The second-order valence-electron chi connectivity index (χ2n) is 4.70. The van der Waals surface area contributed by atoms with Crippen molar-refractivity contribution in [2.75, 3.05) is 6.54 Å². The first kappa shape index (κ1) is 10.9. The van der Waals surface area contributed by atoms with E-state index in [4.69, 9.17) is 5.11 Å². The van der Waals surface area contributed by atoms with Gasteiger partial charge >= 0.3 is 5.97 Å². The Labute approximate surface area is 89.9 Å². The zero-order valence-corrected chi connectivity index (χ0v) is 8.93. The Morgan fingerprint density at radius 3 is 2.40 bits per heavy atom. The Morgan fingerprint density at radius 2 is 1.80 bits per heavy atom. The molecule has 0 radical (unpaired) electrons. The maximum Gasteiger partial charge on any atom is 0.320 e. The van der Waals surface area contributed by atoms with E-state index in [1.54, 1.807) is 0 Å². The smallest absolute Gasteiger partial charge is 0.320 e. The van der Waals surface area contributed by atoms with E-state index in [1.807, 2.05) is 0 Å². The molecule has 2 rings (SSSR count). The minimum atomic E-state index is -0.682. The molecule has 1 heterocycles. The molecule has 4 nitrogen and oxygen atoms in total. The van der Waals surface area contributed by atoms with Crippen LogP contribution in [-0.2, 0) is 4.79 Å². The summed E-state index contributed by atoms with van der Waals surface area (Å²) in [4.78, 5) is 13.2. The van der Waals surface area contributed by atoms with Crippen LogP contribution in [0.2, 0.25) is 0 Å². The number of aliphatic hydroxyl groups is 1. The number of aliphatic carboxylic acids is 1. The first-order chi connectivity index (χ1) is 7.18. The summed E-state index contributed by atoms with van der Waals surface area (Å²) in [6, 6.07) is 0.113. The van der Waals surface area contributed by atoms with Crippen LogP contribution in [0.3, 0.4) is 0 Å². The Kier molecular flexibility index (Phi) is 3.26. The molecule has 0 aromatic heterocycles. The molecule has 0 spiro atoms. The number of likely N-dealkylation sites (tertiary alicyclic amines) is 1. The number of rotatable bonds is 2. The molecule has 86 valence electrons. The van der Waals surface area contributed by atoms with Crippen LogP contribution >= 0.6 is 0 Å². The van der Waals surface area contributed by atoms with Crippen LogP contribution in [0.15, 0.2) is 0 Å². The van der Waals surface area contributed by atoms with Gasteiger partial charge in [-0.2, -0.15) is 0 Å². The third-order valence-electron chi connectivity index (χ3n) is 3.71. The number of nitrogens with zero attached hydrogens (tertiary/aromatic N) is 1. The van der Waals surface area contributed by atoms with Gasteiger partial charge in [0, 0.05) is 6.04 Å². The van der Waals surface area contributed by atoms with E-state index >= 15 is 0 Å². The van der Waals surface area contributed by atoms with Gasteiger partial charge in [0.15, 0.2) is 0 Å². The van der Waals surface area contributed by atoms with Crippen molar-refractivity contribution >= 4 is 5.97 Å². The zero-order valence-electron chi connectivity index (χ0n) is 8.93. The highest BCUT2D eigenvalue weighted by molar-refractivity contribution is 5.73. The van der Waals surface area contributed by atoms with E-state index < -0.39 is 5.97 Å². The van der Waals surface area contributed by atoms with Gasteiger partial charge in [-0.05, 0) is 45.1 Å². The molecular weight excluding hydrogens is 194 g/mol. The average molecular weight is 213 g/mol. The van der Waals surface area contributed by atoms with Crippen molar-refractivity contribution in [2.24, 2.45) is 0 Å². The van der Waals surface area contributed by atoms with Crippen LogP contribution in [0.25, 0.3) is 0 Å². The van der Waals surface area contributed by atoms with Gasteiger partial charge in [0.05, 0.1) is 6.10 Å². The normalized spacial score (nSPS) is 38.1. The quantitative estimate of drug-likeness (QED) is 0.713. The summed E-state index contributed by atoms with van der Waals surface area (Å²) in [7, 11) is 0. The van der Waals surface area contributed by atoms with E-state index in [1.165, 1.54) is 0 Å². The van der Waals surface area contributed by atoms with Crippen molar-refractivity contribution in [3.8, 4) is 0 Å². The summed E-state index contributed by atoms with van der Waals surface area (Å²) >= 11 is 0. The fourth-order valence-electron chi connectivity index (χ4n) is 2.88. The first-order valence-corrected chi connectivity index (χ1v) is 5.85. The molecule has 0 amide bonds. The molecule has 1 saturated heterocycles. The number of hydrogen-bond donors (Lipinski definition) is 2. The number of carbonyl (C=O) groups is 1. The fourth-order valence-corrected chi connectivity index (χ4v) is 2.88. The standard InChI is InChI=1S/C11H19NO3/c13-9-5-3-8(4-6-9)12-7-1-2-10(12)11(14)15/h8-10,13H,1-7H2,(H,14,15)/t8?,9?,10-/m1/s1. The Bertz CT molecular complexity index is 236. The maximum atomic E-state index is 11.0. The molecule has 1 aliphatic carbocycles. The Balaban J connectivity index is 1.94. The van der Waals surface area contributed by atoms with E-state index in [9.17, 15) is 9.90 Å². The van der Waals surface area contributed by atoms with Gasteiger partial charge in [-0.25, -0.2) is 0 Å². The summed E-state index contributed by atoms with van der Waals surface area (Å²) in [5.41, 5.74) is 0. The van der Waals surface area contributed by atoms with E-state index in [0.717, 1.165) is 45.1 Å². The molecule has 1 saturated carbocycles. The SMILES string of the molecule is O=C(O)[C@H]1CCCN1C1CCC(O)CC1. The second-order valence-corrected chi connectivity index (χ2v) is 4.70. The minimum absolute atomic E-state index is 0.160. The highest BCUT2D eigenvalue weighted by Gasteiger charge is 2.36. The van der Waals surface area contributed by atoms with Crippen LogP contribution in [0.5, 0.6) is 0 Å². The lowest BCUT2D eigenvalue weighted by Crippen LogP contribution is -2.45. The molecule has 2 N–H and O–H groups in total. The topological polar surface area (TPSA) is 60.8 Å². The highest BCUT2D eigenvalue weighted by atomic mass is 16.4. The number of hydrogen-bond acceptors (Lipinski definition) is 3. The lowest BCUT2D eigenvalue weighted by molar-refractivity contribution is -0.143. The molecule has 4 heteroatoms. The third-order valence-corrected chi connectivity index (χ3v) is 3.71. The van der Waals surface area contributed by atoms with Gasteiger partial charge in [0.1, 0.15) is 6.04 Å². The highest BCUT2D eigenvalue weighted by Crippen LogP contribution is 2.29. The van der Waals surface area contributed by atoms with Crippen molar-refractivity contribution in [1.29, 1.82) is 0 Å². The molecule has 0 unspecified atom stereocenters. The summed E-state index contributed by atoms with van der Waals surface area (Å²) in [6.45, 7) is 0.914. The average Bonchev–Trinajstić information content (AvgIpc) is 2.67. The monoisotopic (exact) mass is 213 g/mol. The predicted molar refractivity (Wildman–Crippen MR) is 55.6 cm³/mol. The van der Waals surface area contributed by atoms with E-state index in [0.29, 0.717) is 6.04 Å². The lowest BCUT2D eigenvalue weighted by Gasteiger charge is -2.35. The predicted octanol–water partition coefficient (Wildman–Crippen LogP) is 0.839. The summed E-state index contributed by atoms with van der Waals surface area (Å²) in [5.74, 6) is -0.682. The Morgan fingerprint density at radius 1 is 1.13 bits per heavy atom. The third kappa shape index (κ3) is 2.32. The second kappa shape index (κ2) is 4.49. The number of aliphatic hydroxyl groups excluding tert-OH is 1. The van der Waals surface area contributed by atoms with Crippen molar-refractivity contribution in [3.63, 3.8) is 0 Å². The molecule has 2 aliphatic rings. The van der Waals surface area contributed by atoms with Gasteiger partial charge in [-0.1, -0.05) is 0 Å². The molecule has 0 aromatic rings. The fraction of sp³-hybridized carbons (Fsp3) is 0.909. The summed E-state index contributed by atoms with van der Waals surface area (Å²) in [6.07, 6.45) is 5.17. The van der Waals surface area contributed by atoms with Crippen molar-refractivity contribution in [3.05, 3.63) is 0 Å². The number of carboxylic acid groups (broad SMARTS) is 1. The molecule has 15 heavy (non-hydrogen) atoms. The van der Waals surface area contributed by atoms with Crippen molar-refractivity contribution in [2.45, 2.75) is 56.7 Å². The van der Waals surface area contributed by atoms with Gasteiger partial charge < -0.3 is 10.2 Å². The van der Waals surface area contributed by atoms with Crippen LogP contribution in [-0.4, -0.2) is 45.8 Å². The van der Waals surface area contributed by atoms with Crippen LogP contribution < -0.4 is 0 Å². The molecule has 0 bridgehead atoms. The van der Waals surface area contributed by atoms with E-state index in [2.05, 4.69) is 4.90 Å². The molecule has 1 aliphatic heterocycles. The molecule has 2 fully saturated rings. The molecular formula is C11H19NO3. The van der Waals surface area contributed by atoms with Gasteiger partial charge in [0.25, 0.3) is 0 Å². The van der Waals surface area contributed by atoms with Crippen molar-refractivity contribution < 1.29 is 15.0 Å². The maximum absolute atomic E-state index is 11.0. The lowest BCUT2D eigenvalue weighted by atomic mass is 9.91.